The number of ether oxygens (including phenoxy) is 2. The largest absolute Gasteiger partial charge is 0.466 e. The van der Waals surface area contributed by atoms with Gasteiger partial charge in [-0.15, -0.1) is 11.3 Å². The second-order valence-electron chi connectivity index (χ2n) is 7.20. The van der Waals surface area contributed by atoms with Crippen molar-refractivity contribution in [3.8, 4) is 0 Å². The molecule has 1 aromatic carbocycles. The Labute approximate surface area is 173 Å². The van der Waals surface area contributed by atoms with Gasteiger partial charge in [-0.25, -0.2) is 18.2 Å². The van der Waals surface area contributed by atoms with E-state index in [4.69, 9.17) is 4.74 Å². The summed E-state index contributed by atoms with van der Waals surface area (Å²) in [5.41, 5.74) is 0.658. The number of allylic oxidation sites excluding steroid dienone is 1. The molecule has 29 heavy (non-hydrogen) atoms. The van der Waals surface area contributed by atoms with E-state index in [1.165, 1.54) is 13.2 Å². The molecular weight excluding hydrogens is 414 g/mol. The lowest BCUT2D eigenvalue weighted by molar-refractivity contribution is -0.159. The third-order valence-corrected chi connectivity index (χ3v) is 8.32. The summed E-state index contributed by atoms with van der Waals surface area (Å²) in [6.07, 6.45) is 3.84. The zero-order valence-corrected chi connectivity index (χ0v) is 17.9. The summed E-state index contributed by atoms with van der Waals surface area (Å²) in [5, 5.41) is 0. The molecule has 1 aromatic heterocycles. The zero-order chi connectivity index (χ0) is 21.0. The molecule has 0 radical (unpaired) electrons. The van der Waals surface area contributed by atoms with Crippen molar-refractivity contribution >= 4 is 43.3 Å². The molecule has 0 aliphatic carbocycles. The average Bonchev–Trinajstić information content (AvgIpc) is 3.12. The SMILES string of the molecule is COC(=O)/C=C/C[C@H]1CC(=O)O[C@@H]([C@H](C)CS(=O)(=O)c2nc3ccccc3s2)C1. The Morgan fingerprint density at radius 2 is 2.17 bits per heavy atom. The van der Waals surface area contributed by atoms with Gasteiger partial charge in [0.05, 0.1) is 23.1 Å². The van der Waals surface area contributed by atoms with Crippen LogP contribution >= 0.6 is 11.3 Å². The number of carbonyl (C=O) groups is 2. The average molecular weight is 438 g/mol. The lowest BCUT2D eigenvalue weighted by Crippen LogP contribution is -2.36. The minimum Gasteiger partial charge on any atom is -0.466 e. The second-order valence-corrected chi connectivity index (χ2v) is 10.4. The van der Waals surface area contributed by atoms with Crippen LogP contribution in [0.25, 0.3) is 10.2 Å². The number of sulfone groups is 1. The van der Waals surface area contributed by atoms with E-state index in [1.807, 2.05) is 18.2 Å². The smallest absolute Gasteiger partial charge is 0.330 e. The number of thiazole rings is 1. The highest BCUT2D eigenvalue weighted by molar-refractivity contribution is 7.93. The number of methoxy groups -OCH3 is 1. The van der Waals surface area contributed by atoms with Crippen LogP contribution in [0.4, 0.5) is 0 Å². The number of hydrogen-bond donors (Lipinski definition) is 0. The van der Waals surface area contributed by atoms with Crippen molar-refractivity contribution in [1.82, 2.24) is 4.98 Å². The van der Waals surface area contributed by atoms with Crippen molar-refractivity contribution in [3.63, 3.8) is 0 Å². The van der Waals surface area contributed by atoms with Gasteiger partial charge in [-0.1, -0.05) is 25.1 Å². The predicted molar refractivity (Wildman–Crippen MR) is 109 cm³/mol. The van der Waals surface area contributed by atoms with Crippen molar-refractivity contribution in [2.75, 3.05) is 12.9 Å². The van der Waals surface area contributed by atoms with Crippen LogP contribution in [0, 0.1) is 11.8 Å². The summed E-state index contributed by atoms with van der Waals surface area (Å²) in [5.74, 6) is -1.31. The molecule has 0 spiro atoms. The van der Waals surface area contributed by atoms with Gasteiger partial charge >= 0.3 is 11.9 Å². The fourth-order valence-electron chi connectivity index (χ4n) is 3.37. The van der Waals surface area contributed by atoms with Crippen LogP contribution in [0.1, 0.15) is 26.2 Å². The molecule has 2 heterocycles. The lowest BCUT2D eigenvalue weighted by Gasteiger charge is -2.32. The number of esters is 2. The standard InChI is InChI=1S/C20H23NO6S2/c1-13(12-29(24,25)20-21-15-7-3-4-8-17(15)28-20)16-10-14(11-19(23)27-16)6-5-9-18(22)26-2/h3-5,7-9,13-14,16H,6,10-12H2,1-2H3/b9-5+/t13-,14-,16-/m1/s1. The fraction of sp³-hybridized carbons (Fsp3) is 0.450. The van der Waals surface area contributed by atoms with Gasteiger partial charge in [-0.2, -0.15) is 0 Å². The molecule has 9 heteroatoms. The first-order valence-electron chi connectivity index (χ1n) is 9.31. The fourth-order valence-corrected chi connectivity index (χ4v) is 6.34. The van der Waals surface area contributed by atoms with E-state index in [2.05, 4.69) is 9.72 Å². The number of para-hydroxylation sites is 1. The maximum absolute atomic E-state index is 12.8. The first kappa shape index (κ1) is 21.4. The van der Waals surface area contributed by atoms with E-state index in [-0.39, 0.29) is 34.3 Å². The molecule has 3 rings (SSSR count). The number of hydrogen-bond acceptors (Lipinski definition) is 8. The Morgan fingerprint density at radius 3 is 2.90 bits per heavy atom. The number of nitrogens with zero attached hydrogens (tertiary/aromatic N) is 1. The summed E-state index contributed by atoms with van der Waals surface area (Å²) < 4.78 is 36.6. The third kappa shape index (κ3) is 5.42. The molecule has 7 nitrogen and oxygen atoms in total. The van der Waals surface area contributed by atoms with E-state index in [0.29, 0.717) is 18.4 Å². The van der Waals surface area contributed by atoms with Crippen LogP contribution in [0.15, 0.2) is 40.8 Å². The van der Waals surface area contributed by atoms with E-state index >= 15 is 0 Å². The molecule has 3 atom stereocenters. The van der Waals surface area contributed by atoms with Gasteiger partial charge in [0.1, 0.15) is 6.10 Å². The van der Waals surface area contributed by atoms with E-state index < -0.39 is 21.9 Å². The topological polar surface area (TPSA) is 99.6 Å². The summed E-state index contributed by atoms with van der Waals surface area (Å²) in [7, 11) is -2.30. The minimum absolute atomic E-state index is 0.00485. The molecule has 1 aliphatic rings. The summed E-state index contributed by atoms with van der Waals surface area (Å²) in [6, 6.07) is 7.28. The Morgan fingerprint density at radius 1 is 1.41 bits per heavy atom. The van der Waals surface area contributed by atoms with Gasteiger partial charge < -0.3 is 9.47 Å². The predicted octanol–water partition coefficient (Wildman–Crippen LogP) is 3.15. The second kappa shape index (κ2) is 9.04. The molecule has 156 valence electrons. The Kier molecular flexibility index (Phi) is 6.69. The number of benzene rings is 1. The van der Waals surface area contributed by atoms with Crippen molar-refractivity contribution in [2.24, 2.45) is 11.8 Å². The molecule has 1 aliphatic heterocycles. The molecule has 0 bridgehead atoms. The van der Waals surface area contributed by atoms with Crippen LogP contribution in [0.2, 0.25) is 0 Å². The van der Waals surface area contributed by atoms with E-state index in [0.717, 1.165) is 16.0 Å². The quantitative estimate of drug-likeness (QED) is 0.484. The summed E-state index contributed by atoms with van der Waals surface area (Å²) in [4.78, 5) is 27.4. The number of aromatic nitrogens is 1. The molecule has 0 unspecified atom stereocenters. The zero-order valence-electron chi connectivity index (χ0n) is 16.2. The van der Waals surface area contributed by atoms with Crippen LogP contribution in [-0.2, 0) is 28.9 Å². The molecule has 0 N–H and O–H groups in total. The van der Waals surface area contributed by atoms with Crippen molar-refractivity contribution < 1.29 is 27.5 Å². The molecular formula is C20H23NO6S2. The highest BCUT2D eigenvalue weighted by Crippen LogP contribution is 2.31. The number of carbonyl (C=O) groups excluding carboxylic acids is 2. The molecule has 0 amide bonds. The van der Waals surface area contributed by atoms with Gasteiger partial charge in [-0.05, 0) is 30.9 Å². The van der Waals surface area contributed by atoms with Crippen molar-refractivity contribution in [2.45, 2.75) is 36.6 Å². The maximum atomic E-state index is 12.8. The first-order chi connectivity index (χ1) is 13.8. The maximum Gasteiger partial charge on any atom is 0.330 e. The lowest BCUT2D eigenvalue weighted by atomic mass is 9.87. The first-order valence-corrected chi connectivity index (χ1v) is 11.8. The Hall–Kier alpha value is -2.26. The van der Waals surface area contributed by atoms with Crippen LogP contribution < -0.4 is 0 Å². The normalized spacial score (nSPS) is 21.2. The number of rotatable bonds is 7. The van der Waals surface area contributed by atoms with Crippen LogP contribution in [-0.4, -0.2) is 44.3 Å². The molecule has 1 fully saturated rings. The third-order valence-electron chi connectivity index (χ3n) is 4.89. The Bertz CT molecular complexity index is 994. The summed E-state index contributed by atoms with van der Waals surface area (Å²) in [6.45, 7) is 1.77. The van der Waals surface area contributed by atoms with Gasteiger partial charge in [-0.3, -0.25) is 4.79 Å². The van der Waals surface area contributed by atoms with Gasteiger partial charge in [0.2, 0.25) is 14.2 Å². The van der Waals surface area contributed by atoms with Gasteiger partial charge in [0.15, 0.2) is 0 Å². The summed E-state index contributed by atoms with van der Waals surface area (Å²) >= 11 is 1.15. The van der Waals surface area contributed by atoms with Crippen molar-refractivity contribution in [1.29, 1.82) is 0 Å². The Balaban J connectivity index is 1.66. The minimum atomic E-state index is -3.60. The number of cyclic esters (lactones) is 1. The van der Waals surface area contributed by atoms with Crippen LogP contribution in [0.3, 0.4) is 0 Å². The molecule has 2 aromatic rings. The molecule has 1 saturated heterocycles. The van der Waals surface area contributed by atoms with Gasteiger partial charge in [0.25, 0.3) is 0 Å². The monoisotopic (exact) mass is 437 g/mol. The van der Waals surface area contributed by atoms with E-state index in [1.54, 1.807) is 19.1 Å². The number of fused-ring (bicyclic) bond motifs is 1. The van der Waals surface area contributed by atoms with Crippen LogP contribution in [0.5, 0.6) is 0 Å². The van der Waals surface area contributed by atoms with Crippen molar-refractivity contribution in [3.05, 3.63) is 36.4 Å². The highest BCUT2D eigenvalue weighted by Gasteiger charge is 2.34. The van der Waals surface area contributed by atoms with E-state index in [9.17, 15) is 18.0 Å². The highest BCUT2D eigenvalue weighted by atomic mass is 32.2. The van der Waals surface area contributed by atoms with Gasteiger partial charge in [0, 0.05) is 18.4 Å². The molecule has 0 saturated carbocycles.